The maximum Gasteiger partial charge on any atom is 0.309 e. The number of nitrogens with zero attached hydrogens (tertiary/aromatic N) is 2. The first kappa shape index (κ1) is 8.93. The minimum Gasteiger partial charge on any atom is -0.481 e. The molecule has 1 aromatic heterocycles. The number of anilines is 1. The highest BCUT2D eigenvalue weighted by atomic mass is 16.4. The third-order valence-corrected chi connectivity index (χ3v) is 2.09. The number of nitrogen functional groups attached to an aromatic ring is 1. The average Bonchev–Trinajstić information content (AvgIpc) is 2.82. The number of carboxylic acid groups (broad SMARTS) is 1. The molecule has 5 nitrogen and oxygen atoms in total. The zero-order chi connectivity index (χ0) is 10.1. The van der Waals surface area contributed by atoms with Crippen LogP contribution in [0.4, 0.5) is 5.82 Å². The molecule has 1 heterocycles. The van der Waals surface area contributed by atoms with Gasteiger partial charge < -0.3 is 10.8 Å². The summed E-state index contributed by atoms with van der Waals surface area (Å²) in [6.07, 6.45) is 2.07. The molecule has 0 radical (unpaired) electrons. The first-order valence-electron chi connectivity index (χ1n) is 4.50. The van der Waals surface area contributed by atoms with Gasteiger partial charge in [-0.2, -0.15) is 0 Å². The van der Waals surface area contributed by atoms with E-state index < -0.39 is 5.97 Å². The van der Waals surface area contributed by atoms with Gasteiger partial charge in [0, 0.05) is 12.0 Å². The van der Waals surface area contributed by atoms with Gasteiger partial charge >= 0.3 is 5.97 Å². The van der Waals surface area contributed by atoms with E-state index in [0.29, 0.717) is 23.3 Å². The summed E-state index contributed by atoms with van der Waals surface area (Å²) in [7, 11) is 0. The Balaban J connectivity index is 2.26. The summed E-state index contributed by atoms with van der Waals surface area (Å²) in [5.41, 5.74) is 6.05. The Hall–Kier alpha value is -1.65. The van der Waals surface area contributed by atoms with Crippen LogP contribution in [-0.4, -0.2) is 21.0 Å². The molecule has 0 amide bonds. The van der Waals surface area contributed by atoms with Gasteiger partial charge in [0.25, 0.3) is 0 Å². The number of nitrogens with two attached hydrogens (primary N) is 1. The van der Waals surface area contributed by atoms with Crippen LogP contribution in [0.2, 0.25) is 0 Å². The van der Waals surface area contributed by atoms with E-state index in [-0.39, 0.29) is 6.42 Å². The first-order chi connectivity index (χ1) is 6.65. The standard InChI is InChI=1S/C9H11N3O2/c10-7-3-6(4-8(13)14)11-9(12-7)5-1-2-5/h3,5H,1-2,4H2,(H,13,14)(H2,10,11,12). The van der Waals surface area contributed by atoms with Crippen molar-refractivity contribution < 1.29 is 9.90 Å². The SMILES string of the molecule is Nc1cc(CC(=O)O)nc(C2CC2)n1. The molecular formula is C9H11N3O2. The molecule has 1 saturated carbocycles. The number of rotatable bonds is 3. The highest BCUT2D eigenvalue weighted by Crippen LogP contribution is 2.38. The van der Waals surface area contributed by atoms with Crippen LogP contribution >= 0.6 is 0 Å². The Kier molecular flexibility index (Phi) is 2.07. The Labute approximate surface area is 81.0 Å². The molecule has 3 N–H and O–H groups in total. The number of carbonyl (C=O) groups is 1. The molecule has 5 heteroatoms. The van der Waals surface area contributed by atoms with Crippen molar-refractivity contribution in [2.75, 3.05) is 5.73 Å². The van der Waals surface area contributed by atoms with Gasteiger partial charge in [0.2, 0.25) is 0 Å². The molecule has 0 spiro atoms. The molecule has 0 aromatic carbocycles. The summed E-state index contributed by atoms with van der Waals surface area (Å²) in [5, 5.41) is 8.60. The van der Waals surface area contributed by atoms with Crippen molar-refractivity contribution in [2.45, 2.75) is 25.2 Å². The molecule has 0 unspecified atom stereocenters. The lowest BCUT2D eigenvalue weighted by Crippen LogP contribution is -2.07. The quantitative estimate of drug-likeness (QED) is 0.732. The van der Waals surface area contributed by atoms with Gasteiger partial charge in [0.1, 0.15) is 11.6 Å². The summed E-state index contributed by atoms with van der Waals surface area (Å²) in [6.45, 7) is 0. The third kappa shape index (κ3) is 1.99. The zero-order valence-electron chi connectivity index (χ0n) is 7.60. The van der Waals surface area contributed by atoms with Crippen molar-refractivity contribution in [3.05, 3.63) is 17.6 Å². The van der Waals surface area contributed by atoms with Crippen LogP contribution in [0.25, 0.3) is 0 Å². The lowest BCUT2D eigenvalue weighted by Gasteiger charge is -2.02. The van der Waals surface area contributed by atoms with Gasteiger partial charge in [-0.15, -0.1) is 0 Å². The summed E-state index contributed by atoms with van der Waals surface area (Å²) in [6, 6.07) is 1.51. The molecular weight excluding hydrogens is 182 g/mol. The lowest BCUT2D eigenvalue weighted by atomic mass is 10.2. The second-order valence-electron chi connectivity index (χ2n) is 3.49. The van der Waals surface area contributed by atoms with E-state index in [0.717, 1.165) is 12.8 Å². The van der Waals surface area contributed by atoms with E-state index in [9.17, 15) is 4.79 Å². The van der Waals surface area contributed by atoms with Gasteiger partial charge in [-0.1, -0.05) is 0 Å². The van der Waals surface area contributed by atoms with E-state index >= 15 is 0 Å². The van der Waals surface area contributed by atoms with Crippen LogP contribution in [0.1, 0.15) is 30.3 Å². The fraction of sp³-hybridized carbons (Fsp3) is 0.444. The Morgan fingerprint density at radius 1 is 1.57 bits per heavy atom. The van der Waals surface area contributed by atoms with E-state index in [1.54, 1.807) is 0 Å². The first-order valence-corrected chi connectivity index (χ1v) is 4.50. The van der Waals surface area contributed by atoms with Gasteiger partial charge in [-0.3, -0.25) is 4.79 Å². The number of carboxylic acids is 1. The van der Waals surface area contributed by atoms with Crippen LogP contribution in [0.15, 0.2) is 6.07 Å². The summed E-state index contributed by atoms with van der Waals surface area (Å²) >= 11 is 0. The maximum absolute atomic E-state index is 10.5. The minimum atomic E-state index is -0.898. The smallest absolute Gasteiger partial charge is 0.309 e. The van der Waals surface area contributed by atoms with Crippen LogP contribution in [0.3, 0.4) is 0 Å². The van der Waals surface area contributed by atoms with Crippen molar-refractivity contribution in [1.29, 1.82) is 0 Å². The summed E-state index contributed by atoms with van der Waals surface area (Å²) in [5.74, 6) is 0.551. The molecule has 0 atom stereocenters. The fourth-order valence-corrected chi connectivity index (χ4v) is 1.31. The number of aliphatic carboxylic acids is 1. The normalized spacial score (nSPS) is 15.4. The number of aromatic nitrogens is 2. The molecule has 2 rings (SSSR count). The van der Waals surface area contributed by atoms with Gasteiger partial charge in [0.15, 0.2) is 0 Å². The van der Waals surface area contributed by atoms with Crippen molar-refractivity contribution in [2.24, 2.45) is 0 Å². The summed E-state index contributed by atoms with van der Waals surface area (Å²) in [4.78, 5) is 18.7. The van der Waals surface area contributed by atoms with Crippen LogP contribution in [0.5, 0.6) is 0 Å². The predicted molar refractivity (Wildman–Crippen MR) is 49.8 cm³/mol. The minimum absolute atomic E-state index is 0.0908. The average molecular weight is 193 g/mol. The fourth-order valence-electron chi connectivity index (χ4n) is 1.31. The number of hydrogen-bond acceptors (Lipinski definition) is 4. The van der Waals surface area contributed by atoms with E-state index in [1.165, 1.54) is 6.07 Å². The van der Waals surface area contributed by atoms with Crippen molar-refractivity contribution in [3.8, 4) is 0 Å². The molecule has 0 aliphatic heterocycles. The maximum atomic E-state index is 10.5. The molecule has 74 valence electrons. The Bertz CT molecular complexity index is 374. The van der Waals surface area contributed by atoms with E-state index in [2.05, 4.69) is 9.97 Å². The van der Waals surface area contributed by atoms with Crippen LogP contribution < -0.4 is 5.73 Å². The van der Waals surface area contributed by atoms with Crippen molar-refractivity contribution in [1.82, 2.24) is 9.97 Å². The van der Waals surface area contributed by atoms with Gasteiger partial charge in [-0.05, 0) is 12.8 Å². The molecule has 0 saturated heterocycles. The largest absolute Gasteiger partial charge is 0.481 e. The molecule has 1 aliphatic carbocycles. The highest BCUT2D eigenvalue weighted by molar-refractivity contribution is 5.69. The van der Waals surface area contributed by atoms with E-state index in [1.807, 2.05) is 0 Å². The van der Waals surface area contributed by atoms with Crippen molar-refractivity contribution >= 4 is 11.8 Å². The predicted octanol–water partition coefficient (Wildman–Crippen LogP) is 0.563. The van der Waals surface area contributed by atoms with Gasteiger partial charge in [0.05, 0.1) is 12.1 Å². The monoisotopic (exact) mass is 193 g/mol. The topological polar surface area (TPSA) is 89.1 Å². The molecule has 1 aromatic rings. The van der Waals surface area contributed by atoms with Crippen LogP contribution in [0, 0.1) is 0 Å². The van der Waals surface area contributed by atoms with Crippen LogP contribution in [-0.2, 0) is 11.2 Å². The molecule has 0 bridgehead atoms. The number of hydrogen-bond donors (Lipinski definition) is 2. The van der Waals surface area contributed by atoms with E-state index in [4.69, 9.17) is 10.8 Å². The lowest BCUT2D eigenvalue weighted by molar-refractivity contribution is -0.136. The third-order valence-electron chi connectivity index (χ3n) is 2.09. The second kappa shape index (κ2) is 3.25. The zero-order valence-corrected chi connectivity index (χ0v) is 7.60. The molecule has 1 aliphatic rings. The molecule has 1 fully saturated rings. The Morgan fingerprint density at radius 3 is 2.86 bits per heavy atom. The summed E-state index contributed by atoms with van der Waals surface area (Å²) < 4.78 is 0. The molecule has 14 heavy (non-hydrogen) atoms. The Morgan fingerprint density at radius 2 is 2.29 bits per heavy atom. The van der Waals surface area contributed by atoms with Crippen molar-refractivity contribution in [3.63, 3.8) is 0 Å². The second-order valence-corrected chi connectivity index (χ2v) is 3.49. The highest BCUT2D eigenvalue weighted by Gasteiger charge is 2.27. The van der Waals surface area contributed by atoms with Gasteiger partial charge in [-0.25, -0.2) is 9.97 Å².